The topological polar surface area (TPSA) is 54.6 Å². The molecule has 0 radical (unpaired) electrons. The van der Waals surface area contributed by atoms with Crippen LogP contribution < -0.4 is 0 Å². The van der Waals surface area contributed by atoms with E-state index in [2.05, 4.69) is 212 Å². The molecule has 2 aromatic heterocycles. The van der Waals surface area contributed by atoms with Crippen LogP contribution in [0, 0.1) is 12.3 Å². The van der Waals surface area contributed by atoms with Crippen molar-refractivity contribution in [3.8, 4) is 61.8 Å². The molecule has 4 nitrogen and oxygen atoms in total. The summed E-state index contributed by atoms with van der Waals surface area (Å²) in [5.74, 6) is 0.675. The lowest BCUT2D eigenvalue weighted by atomic mass is 9.85. The monoisotopic (exact) mass is 816 g/mol. The van der Waals surface area contributed by atoms with E-state index in [1.165, 1.54) is 55.0 Å². The van der Waals surface area contributed by atoms with Gasteiger partial charge in [0.05, 0.1) is 16.9 Å². The minimum Gasteiger partial charge on any atom is -0.313 e. The van der Waals surface area contributed by atoms with Gasteiger partial charge in [-0.05, 0) is 115 Å². The van der Waals surface area contributed by atoms with Crippen molar-refractivity contribution in [1.82, 2.24) is 14.5 Å². The zero-order valence-electron chi connectivity index (χ0n) is 35.1. The fraction of sp³-hybridized carbons (Fsp3) is 0.0167. The lowest BCUT2D eigenvalue weighted by molar-refractivity contribution is 1.05. The molecule has 2 heterocycles. The van der Waals surface area contributed by atoms with E-state index < -0.39 is 0 Å². The maximum absolute atomic E-state index is 8.51. The number of benzene rings is 10. The zero-order chi connectivity index (χ0) is 42.7. The van der Waals surface area contributed by atoms with E-state index in [0.717, 1.165) is 72.4 Å². The fourth-order valence-electron chi connectivity index (χ4n) is 9.99. The quantitative estimate of drug-likeness (QED) is 0.0989. The van der Waals surface area contributed by atoms with Crippen molar-refractivity contribution in [1.29, 1.82) is 5.41 Å². The van der Waals surface area contributed by atoms with Crippen LogP contribution in [0.2, 0.25) is 0 Å². The minimum atomic E-state index is 0.675. The highest BCUT2D eigenvalue weighted by Gasteiger charge is 2.21. The second-order valence-corrected chi connectivity index (χ2v) is 16.5. The van der Waals surface area contributed by atoms with E-state index >= 15 is 0 Å². The van der Waals surface area contributed by atoms with Crippen molar-refractivity contribution in [2.45, 2.75) is 6.92 Å². The first-order valence-electron chi connectivity index (χ1n) is 21.7. The van der Waals surface area contributed by atoms with Gasteiger partial charge in [-0.3, -0.25) is 0 Å². The second kappa shape index (κ2) is 15.2. The molecule has 64 heavy (non-hydrogen) atoms. The van der Waals surface area contributed by atoms with Gasteiger partial charge in [0.1, 0.15) is 0 Å². The molecule has 0 aliphatic carbocycles. The lowest BCUT2D eigenvalue weighted by Crippen LogP contribution is -1.97. The highest BCUT2D eigenvalue weighted by molar-refractivity contribution is 6.22. The average molecular weight is 817 g/mol. The zero-order valence-corrected chi connectivity index (χ0v) is 35.1. The highest BCUT2D eigenvalue weighted by Crippen LogP contribution is 2.45. The summed E-state index contributed by atoms with van der Waals surface area (Å²) in [7, 11) is 0. The predicted molar refractivity (Wildman–Crippen MR) is 269 cm³/mol. The molecular weight excluding hydrogens is 777 g/mol. The lowest BCUT2D eigenvalue weighted by Gasteiger charge is -2.18. The Morgan fingerprint density at radius 3 is 1.61 bits per heavy atom. The van der Waals surface area contributed by atoms with Gasteiger partial charge in [0, 0.05) is 45.2 Å². The molecule has 0 fully saturated rings. The Morgan fingerprint density at radius 1 is 0.406 bits per heavy atom. The molecule has 0 aliphatic rings. The molecule has 0 aliphatic heterocycles. The first kappa shape index (κ1) is 37.3. The van der Waals surface area contributed by atoms with Crippen LogP contribution in [0.1, 0.15) is 11.3 Å². The van der Waals surface area contributed by atoms with E-state index in [-0.39, 0.29) is 0 Å². The SMILES string of the molecule is Cc1c(C=N)c2cc(-c3c4ccccc4c(-c4cccc(-c5nc(-c6ccccc6)cc(-c6cc7ccccc7c7ccccc67)n5)c4)c4ccccc34)ccc2n1-c1ccccc1. The molecule has 12 rings (SSSR count). The number of fused-ring (bicyclic) bond motifs is 6. The summed E-state index contributed by atoms with van der Waals surface area (Å²) in [5, 5.41) is 19.0. The first-order valence-corrected chi connectivity index (χ1v) is 21.7. The Kier molecular flexibility index (Phi) is 8.84. The summed E-state index contributed by atoms with van der Waals surface area (Å²) in [4.78, 5) is 10.7. The van der Waals surface area contributed by atoms with E-state index in [9.17, 15) is 0 Å². The van der Waals surface area contributed by atoms with Crippen LogP contribution in [-0.4, -0.2) is 20.7 Å². The van der Waals surface area contributed by atoms with Crippen LogP contribution in [0.5, 0.6) is 0 Å². The Bertz CT molecular complexity index is 3750. The number of hydrogen-bond acceptors (Lipinski definition) is 3. The number of hydrogen-bond donors (Lipinski definition) is 1. The minimum absolute atomic E-state index is 0.675. The van der Waals surface area contributed by atoms with Crippen LogP contribution in [0.25, 0.3) is 116 Å². The van der Waals surface area contributed by atoms with Crippen molar-refractivity contribution in [3.63, 3.8) is 0 Å². The molecule has 300 valence electrons. The Morgan fingerprint density at radius 2 is 0.938 bits per heavy atom. The van der Waals surface area contributed by atoms with Crippen molar-refractivity contribution in [2.24, 2.45) is 0 Å². The van der Waals surface area contributed by atoms with Crippen LogP contribution in [0.4, 0.5) is 0 Å². The van der Waals surface area contributed by atoms with E-state index in [1.54, 1.807) is 0 Å². The molecule has 0 amide bonds. The molecule has 0 bridgehead atoms. The number of nitrogens with one attached hydrogen (secondary N) is 1. The Labute approximate surface area is 370 Å². The third-order valence-corrected chi connectivity index (χ3v) is 12.9. The van der Waals surface area contributed by atoms with Crippen molar-refractivity contribution in [3.05, 3.63) is 224 Å². The van der Waals surface area contributed by atoms with Gasteiger partial charge in [-0.25, -0.2) is 9.97 Å². The third-order valence-electron chi connectivity index (χ3n) is 12.9. The van der Waals surface area contributed by atoms with Gasteiger partial charge in [-0.2, -0.15) is 0 Å². The normalized spacial score (nSPS) is 11.6. The van der Waals surface area contributed by atoms with E-state index in [1.807, 2.05) is 12.1 Å². The number of nitrogens with zero attached hydrogens (tertiary/aromatic N) is 3. The largest absolute Gasteiger partial charge is 0.313 e. The smallest absolute Gasteiger partial charge is 0.160 e. The van der Waals surface area contributed by atoms with Crippen molar-refractivity contribution < 1.29 is 0 Å². The molecule has 0 unspecified atom stereocenters. The van der Waals surface area contributed by atoms with Crippen LogP contribution in [0.15, 0.2) is 212 Å². The molecule has 1 N–H and O–H groups in total. The third kappa shape index (κ3) is 6.03. The van der Waals surface area contributed by atoms with Crippen LogP contribution >= 0.6 is 0 Å². The van der Waals surface area contributed by atoms with Gasteiger partial charge >= 0.3 is 0 Å². The van der Waals surface area contributed by atoms with Gasteiger partial charge in [0.2, 0.25) is 0 Å². The highest BCUT2D eigenvalue weighted by atomic mass is 15.0. The molecule has 0 saturated carbocycles. The molecule has 4 heteroatoms. The van der Waals surface area contributed by atoms with Crippen LogP contribution in [-0.2, 0) is 0 Å². The summed E-state index contributed by atoms with van der Waals surface area (Å²) in [6, 6.07) is 75.5. The average Bonchev–Trinajstić information content (AvgIpc) is 3.65. The summed E-state index contributed by atoms with van der Waals surface area (Å²) < 4.78 is 2.26. The maximum atomic E-state index is 8.51. The Hall–Kier alpha value is -8.47. The van der Waals surface area contributed by atoms with Crippen molar-refractivity contribution in [2.75, 3.05) is 0 Å². The molecular formula is C60H40N4. The number of rotatable bonds is 7. The first-order chi connectivity index (χ1) is 31.6. The second-order valence-electron chi connectivity index (χ2n) is 16.5. The van der Waals surface area contributed by atoms with E-state index in [4.69, 9.17) is 15.4 Å². The standard InChI is InChI=1S/C60H40N4/c1-38-54(37-61)53-35-42(31-32-57(53)64(38)44-22-6-3-7-23-44)59-50-29-14-12-27-48(50)58(49-28-13-15-30-51(49)59)41-20-16-21-43(33-41)60-62-55(39-17-4-2-5-18-39)36-56(63-60)52-34-40-19-8-9-24-45(40)46-25-10-11-26-47(46)52/h2-37,61H,1H3. The van der Waals surface area contributed by atoms with Crippen molar-refractivity contribution >= 4 is 60.2 Å². The fourth-order valence-corrected chi connectivity index (χ4v) is 9.99. The summed E-state index contributed by atoms with van der Waals surface area (Å²) in [6.07, 6.45) is 1.50. The molecule has 10 aromatic carbocycles. The molecule has 12 aromatic rings. The van der Waals surface area contributed by atoms with Gasteiger partial charge in [0.15, 0.2) is 5.82 Å². The molecule has 0 spiro atoms. The maximum Gasteiger partial charge on any atom is 0.160 e. The summed E-state index contributed by atoms with van der Waals surface area (Å²) in [5.41, 5.74) is 13.5. The number of aromatic nitrogens is 3. The van der Waals surface area contributed by atoms with Gasteiger partial charge < -0.3 is 9.98 Å². The van der Waals surface area contributed by atoms with Gasteiger partial charge in [-0.15, -0.1) is 0 Å². The van der Waals surface area contributed by atoms with Crippen LogP contribution in [0.3, 0.4) is 0 Å². The summed E-state index contributed by atoms with van der Waals surface area (Å²) in [6.45, 7) is 2.11. The Balaban J connectivity index is 1.06. The van der Waals surface area contributed by atoms with Gasteiger partial charge in [0.25, 0.3) is 0 Å². The van der Waals surface area contributed by atoms with E-state index in [0.29, 0.717) is 5.82 Å². The summed E-state index contributed by atoms with van der Waals surface area (Å²) >= 11 is 0. The molecule has 0 atom stereocenters. The molecule has 0 saturated heterocycles. The number of para-hydroxylation sites is 1. The van der Waals surface area contributed by atoms with Gasteiger partial charge in [-0.1, -0.05) is 170 Å². The predicted octanol–water partition coefficient (Wildman–Crippen LogP) is 15.7.